The van der Waals surface area contributed by atoms with Crippen LogP contribution in [0.2, 0.25) is 0 Å². The van der Waals surface area contributed by atoms with E-state index in [1.54, 1.807) is 0 Å². The first kappa shape index (κ1) is 14.0. The van der Waals surface area contributed by atoms with Gasteiger partial charge in [-0.25, -0.2) is 0 Å². The van der Waals surface area contributed by atoms with E-state index < -0.39 is 0 Å². The lowest BCUT2D eigenvalue weighted by atomic mass is 10.1. The largest absolute Gasteiger partial charge is 0.476 e. The molecule has 0 amide bonds. The molecule has 1 fully saturated rings. The fraction of sp³-hybridized carbons (Fsp3) is 0.667. The minimum atomic E-state index is 0.446. The molecule has 0 radical (unpaired) electrons. The Morgan fingerprint density at radius 2 is 2.11 bits per heavy atom. The van der Waals surface area contributed by atoms with Crippen LogP contribution in [0.5, 0.6) is 5.88 Å². The summed E-state index contributed by atoms with van der Waals surface area (Å²) < 4.78 is 5.64. The van der Waals surface area contributed by atoms with Crippen molar-refractivity contribution in [2.45, 2.75) is 46.1 Å². The molecule has 106 valence electrons. The van der Waals surface area contributed by atoms with Crippen molar-refractivity contribution in [3.05, 3.63) is 12.1 Å². The van der Waals surface area contributed by atoms with Crippen LogP contribution in [0.1, 0.15) is 40.0 Å². The molecule has 1 aromatic rings. The maximum absolute atomic E-state index is 5.88. The van der Waals surface area contributed by atoms with Crippen molar-refractivity contribution >= 4 is 11.5 Å². The summed E-state index contributed by atoms with van der Waals surface area (Å²) in [5.74, 6) is 2.76. The standard InChI is InChI=1S/C15H25N3O/c1-10(2)9-19-15-13(16)6-7-14(18-15)17-11(3)8-12-4-5-12/h6-7,10-12H,4-5,8-9,16H2,1-3H3,(H,17,18). The molecule has 4 heteroatoms. The van der Waals surface area contributed by atoms with E-state index in [2.05, 4.69) is 31.1 Å². The summed E-state index contributed by atoms with van der Waals surface area (Å²) in [6.45, 7) is 7.05. The van der Waals surface area contributed by atoms with Gasteiger partial charge in [0.2, 0.25) is 5.88 Å². The third-order valence-electron chi connectivity index (χ3n) is 3.22. The fourth-order valence-corrected chi connectivity index (χ4v) is 2.06. The number of nitrogens with zero attached hydrogens (tertiary/aromatic N) is 1. The van der Waals surface area contributed by atoms with Gasteiger partial charge in [0.05, 0.1) is 12.3 Å². The molecule has 4 nitrogen and oxygen atoms in total. The molecule has 2 rings (SSSR count). The zero-order valence-corrected chi connectivity index (χ0v) is 12.1. The topological polar surface area (TPSA) is 60.2 Å². The van der Waals surface area contributed by atoms with Crippen LogP contribution in [-0.4, -0.2) is 17.6 Å². The smallest absolute Gasteiger partial charge is 0.239 e. The lowest BCUT2D eigenvalue weighted by Gasteiger charge is -2.16. The monoisotopic (exact) mass is 263 g/mol. The first-order chi connectivity index (χ1) is 9.04. The Morgan fingerprint density at radius 1 is 1.37 bits per heavy atom. The molecule has 0 aliphatic heterocycles. The van der Waals surface area contributed by atoms with Crippen molar-refractivity contribution < 1.29 is 4.74 Å². The molecular weight excluding hydrogens is 238 g/mol. The number of nitrogen functional groups attached to an aromatic ring is 1. The van der Waals surface area contributed by atoms with Crippen LogP contribution in [0.25, 0.3) is 0 Å². The van der Waals surface area contributed by atoms with Crippen LogP contribution in [0.15, 0.2) is 12.1 Å². The van der Waals surface area contributed by atoms with Crippen molar-refractivity contribution in [1.82, 2.24) is 4.98 Å². The van der Waals surface area contributed by atoms with Crippen molar-refractivity contribution in [2.24, 2.45) is 11.8 Å². The normalized spacial score (nSPS) is 16.4. The average Bonchev–Trinajstić information content (AvgIpc) is 3.13. The predicted molar refractivity (Wildman–Crippen MR) is 79.4 cm³/mol. The van der Waals surface area contributed by atoms with Crippen LogP contribution in [-0.2, 0) is 0 Å². The maximum atomic E-state index is 5.88. The molecule has 0 saturated heterocycles. The van der Waals surface area contributed by atoms with Crippen molar-refractivity contribution in [3.8, 4) is 5.88 Å². The molecular formula is C15H25N3O. The molecule has 1 aliphatic rings. The number of anilines is 2. The molecule has 0 aromatic carbocycles. The Hall–Kier alpha value is -1.45. The van der Waals surface area contributed by atoms with E-state index in [0.717, 1.165) is 11.7 Å². The predicted octanol–water partition coefficient (Wildman–Crippen LogP) is 3.30. The molecule has 1 atom stereocenters. The summed E-state index contributed by atoms with van der Waals surface area (Å²) in [7, 11) is 0. The number of nitrogens with one attached hydrogen (secondary N) is 1. The Morgan fingerprint density at radius 3 is 2.74 bits per heavy atom. The van der Waals surface area contributed by atoms with Gasteiger partial charge in [-0.05, 0) is 37.3 Å². The van der Waals surface area contributed by atoms with E-state index in [9.17, 15) is 0 Å². The molecule has 1 aromatic heterocycles. The van der Waals surface area contributed by atoms with Gasteiger partial charge in [-0.3, -0.25) is 0 Å². The summed E-state index contributed by atoms with van der Waals surface area (Å²) in [5.41, 5.74) is 6.48. The SMILES string of the molecule is CC(C)COc1nc(NC(C)CC2CC2)ccc1N. The molecule has 1 unspecified atom stereocenters. The number of hydrogen-bond acceptors (Lipinski definition) is 4. The van der Waals surface area contributed by atoms with Gasteiger partial charge < -0.3 is 15.8 Å². The lowest BCUT2D eigenvalue weighted by Crippen LogP contribution is -2.17. The Labute approximate surface area is 115 Å². The van der Waals surface area contributed by atoms with E-state index in [1.165, 1.54) is 19.3 Å². The van der Waals surface area contributed by atoms with Gasteiger partial charge in [0.15, 0.2) is 0 Å². The van der Waals surface area contributed by atoms with Crippen LogP contribution in [0.3, 0.4) is 0 Å². The van der Waals surface area contributed by atoms with Gasteiger partial charge in [0, 0.05) is 6.04 Å². The zero-order valence-electron chi connectivity index (χ0n) is 12.1. The number of hydrogen-bond donors (Lipinski definition) is 2. The van der Waals surface area contributed by atoms with Gasteiger partial charge in [0.1, 0.15) is 5.82 Å². The molecule has 1 heterocycles. The second-order valence-electron chi connectivity index (χ2n) is 6.02. The maximum Gasteiger partial charge on any atom is 0.239 e. The second-order valence-corrected chi connectivity index (χ2v) is 6.02. The number of aromatic nitrogens is 1. The number of ether oxygens (including phenoxy) is 1. The highest BCUT2D eigenvalue weighted by atomic mass is 16.5. The third-order valence-corrected chi connectivity index (χ3v) is 3.22. The van der Waals surface area contributed by atoms with Crippen molar-refractivity contribution in [2.75, 3.05) is 17.7 Å². The third kappa shape index (κ3) is 4.62. The molecule has 1 aliphatic carbocycles. The van der Waals surface area contributed by atoms with E-state index in [-0.39, 0.29) is 0 Å². The van der Waals surface area contributed by atoms with Gasteiger partial charge in [-0.15, -0.1) is 0 Å². The number of nitrogens with two attached hydrogens (primary N) is 1. The Balaban J connectivity index is 1.94. The van der Waals surface area contributed by atoms with Crippen LogP contribution in [0, 0.1) is 11.8 Å². The average molecular weight is 263 g/mol. The Bertz CT molecular complexity index is 416. The van der Waals surface area contributed by atoms with Crippen LogP contribution < -0.4 is 15.8 Å². The number of rotatable bonds is 7. The lowest BCUT2D eigenvalue weighted by molar-refractivity contribution is 0.263. The van der Waals surface area contributed by atoms with Gasteiger partial charge in [-0.1, -0.05) is 26.7 Å². The van der Waals surface area contributed by atoms with Crippen LogP contribution >= 0.6 is 0 Å². The summed E-state index contributed by atoms with van der Waals surface area (Å²) in [4.78, 5) is 4.45. The minimum absolute atomic E-state index is 0.446. The Kier molecular flexibility index (Phi) is 4.51. The van der Waals surface area contributed by atoms with Gasteiger partial charge in [-0.2, -0.15) is 4.98 Å². The van der Waals surface area contributed by atoms with Crippen LogP contribution in [0.4, 0.5) is 11.5 Å². The van der Waals surface area contributed by atoms with Crippen molar-refractivity contribution in [3.63, 3.8) is 0 Å². The molecule has 1 saturated carbocycles. The van der Waals surface area contributed by atoms with E-state index in [4.69, 9.17) is 10.5 Å². The highest BCUT2D eigenvalue weighted by Crippen LogP contribution is 2.34. The first-order valence-corrected chi connectivity index (χ1v) is 7.20. The molecule has 3 N–H and O–H groups in total. The highest BCUT2D eigenvalue weighted by Gasteiger charge is 2.23. The van der Waals surface area contributed by atoms with E-state index >= 15 is 0 Å². The quantitative estimate of drug-likeness (QED) is 0.792. The minimum Gasteiger partial charge on any atom is -0.476 e. The highest BCUT2D eigenvalue weighted by molar-refractivity contribution is 5.53. The summed E-state index contributed by atoms with van der Waals surface area (Å²) in [6, 6.07) is 4.22. The van der Waals surface area contributed by atoms with Crippen molar-refractivity contribution in [1.29, 1.82) is 0 Å². The summed E-state index contributed by atoms with van der Waals surface area (Å²) >= 11 is 0. The summed E-state index contributed by atoms with van der Waals surface area (Å²) in [5, 5.41) is 3.42. The van der Waals surface area contributed by atoms with E-state index in [0.29, 0.717) is 30.1 Å². The first-order valence-electron chi connectivity index (χ1n) is 7.20. The summed E-state index contributed by atoms with van der Waals surface area (Å²) in [6.07, 6.45) is 3.97. The zero-order chi connectivity index (χ0) is 13.8. The van der Waals surface area contributed by atoms with Gasteiger partial charge in [0.25, 0.3) is 0 Å². The number of pyridine rings is 1. The second kappa shape index (κ2) is 6.13. The van der Waals surface area contributed by atoms with Gasteiger partial charge >= 0.3 is 0 Å². The fourth-order valence-electron chi connectivity index (χ4n) is 2.06. The van der Waals surface area contributed by atoms with E-state index in [1.807, 2.05) is 12.1 Å². The molecule has 0 bridgehead atoms. The molecule has 19 heavy (non-hydrogen) atoms. The molecule has 0 spiro atoms.